The summed E-state index contributed by atoms with van der Waals surface area (Å²) in [7, 11) is -11.1. The Bertz CT molecular complexity index is 5240. The number of rotatable bonds is 56. The van der Waals surface area contributed by atoms with Crippen molar-refractivity contribution in [3.63, 3.8) is 0 Å². The highest BCUT2D eigenvalue weighted by Gasteiger charge is 2.43. The van der Waals surface area contributed by atoms with Gasteiger partial charge in [0, 0.05) is 159 Å². The Kier molecular flexibility index (Phi) is 48.6. The number of nitrogens with one attached hydrogen (secondary N) is 3. The van der Waals surface area contributed by atoms with Gasteiger partial charge in [0.2, 0.25) is 20.0 Å². The number of aliphatic hydroxyl groups is 4. The van der Waals surface area contributed by atoms with E-state index in [4.69, 9.17) is 118 Å². The molecule has 7 atom stereocenters. The number of sulfonamides is 2. The average molecular weight is 2140 g/mol. The lowest BCUT2D eigenvalue weighted by molar-refractivity contribution is -0.216. The number of amides is 5. The molecule has 5 amide bonds. The second-order valence-corrected chi connectivity index (χ2v) is 40.8. The lowest BCUT2D eigenvalue weighted by Gasteiger charge is -2.35. The number of aliphatic hydroxyl groups excluding tert-OH is 4. The zero-order valence-electron chi connectivity index (χ0n) is 77.8. The van der Waals surface area contributed by atoms with E-state index in [1.54, 1.807) is 72.8 Å². The molecule has 5 heterocycles. The minimum Gasteiger partial charge on any atom is -0.382 e. The quantitative estimate of drug-likeness (QED) is 0.0143. The van der Waals surface area contributed by atoms with Gasteiger partial charge in [-0.05, 0) is 155 Å². The van der Waals surface area contributed by atoms with E-state index in [1.807, 2.05) is 36.4 Å². The summed E-state index contributed by atoms with van der Waals surface area (Å²) < 4.78 is 133. The van der Waals surface area contributed by atoms with E-state index in [2.05, 4.69) is 59.9 Å². The van der Waals surface area contributed by atoms with Crippen molar-refractivity contribution >= 4 is 147 Å². The Balaban J connectivity index is 0.000000296. The molecule has 11 rings (SSSR count). The number of ketones is 1. The number of fused-ring (bicyclic) bond motifs is 3. The monoisotopic (exact) mass is 2130 g/mol. The summed E-state index contributed by atoms with van der Waals surface area (Å²) in [6.45, 7) is 18.8. The number of ether oxygens (including phenoxy) is 9. The minimum absolute atomic E-state index is 0.0153. The maximum Gasteiger partial charge on any atom is 0.364 e. The number of carbonyl (C=O) groups is 8. The molecule has 6 aromatic rings. The normalized spacial score (nSPS) is 17.3. The third kappa shape index (κ3) is 35.4. The highest BCUT2D eigenvalue weighted by molar-refractivity contribution is 7.91. The van der Waals surface area contributed by atoms with Gasteiger partial charge < -0.3 is 83.8 Å². The Morgan fingerprint density at radius 2 is 0.714 bits per heavy atom. The Morgan fingerprint density at radius 3 is 1.06 bits per heavy atom. The van der Waals surface area contributed by atoms with Crippen LogP contribution in [0.5, 0.6) is 0 Å². The number of nitrogens with two attached hydrogens (primary N) is 1. The Labute approximate surface area is 844 Å². The molecule has 6 aromatic carbocycles. The number of hydroxylamine groups is 4. The first-order valence-electron chi connectivity index (χ1n) is 45.7. The number of nitrogens with zero attached hydrogens (tertiary/aromatic N) is 5. The van der Waals surface area contributed by atoms with Crippen LogP contribution >= 0.6 is 69.6 Å². The number of hydrogen-bond donors (Lipinski definition) is 8. The summed E-state index contributed by atoms with van der Waals surface area (Å²) in [5.41, 5.74) is 14.1. The summed E-state index contributed by atoms with van der Waals surface area (Å²) in [4.78, 5) is 109. The van der Waals surface area contributed by atoms with Crippen molar-refractivity contribution in [2.24, 2.45) is 5.73 Å². The van der Waals surface area contributed by atoms with Crippen LogP contribution in [0.4, 0.5) is 0 Å². The fourth-order valence-corrected chi connectivity index (χ4v) is 20.6. The molecule has 140 heavy (non-hydrogen) atoms. The molecule has 0 saturated carbocycles. The second-order valence-electron chi connectivity index (χ2n) is 32.6. The van der Waals surface area contributed by atoms with Gasteiger partial charge in [-0.1, -0.05) is 127 Å². The first kappa shape index (κ1) is 116. The van der Waals surface area contributed by atoms with Crippen LogP contribution in [-0.2, 0) is 140 Å². The molecule has 2 saturated heterocycles. The molecule has 5 aliphatic heterocycles. The molecule has 772 valence electrons. The SMILES string of the molecule is CCN1Cc2c(Cl)cc(Cl)cc2C(c2cccc(S(=O)(=O)CCCOCCOCCOCCCC(=O)C(O)C(O)C(=O)NCCOCCOCCOCCNS(=O)(=O)c3cccc(C4CN(CC)Cc5c(Cl)cc(Cl)cc54)c3)c2)C1.CCN1Cc2c(Cl)cc(Cl)cc2C(c2cccc(S(=O)(=O)NCCOCCOCCOCCN)c2)C1.O=C(ON1C(=O)CCC1=O)C(O)C(O)C(=O)ON1C(=O)CCC1=O. The number of Topliss-reactive ketones (excluding diaryl/α,β-unsaturated/α-hetero) is 1. The molecule has 47 heteroatoms. The zero-order valence-corrected chi connectivity index (χ0v) is 84.8. The molecule has 2 fully saturated rings. The molecule has 0 bridgehead atoms. The van der Waals surface area contributed by atoms with Crippen molar-refractivity contribution in [3.05, 3.63) is 189 Å². The third-order valence-corrected chi connectivity index (χ3v) is 29.2. The fraction of sp³-hybridized carbons (Fsp3) is 0.527. The molecule has 5 aliphatic rings. The van der Waals surface area contributed by atoms with Crippen molar-refractivity contribution in [1.82, 2.24) is 39.6 Å². The number of hydrogen-bond acceptors (Lipinski definition) is 33. The maximum absolute atomic E-state index is 13.3. The zero-order chi connectivity index (χ0) is 102. The lowest BCUT2D eigenvalue weighted by atomic mass is 9.84. The Morgan fingerprint density at radius 1 is 0.400 bits per heavy atom. The molecular weight excluding hydrogens is 2020 g/mol. The van der Waals surface area contributed by atoms with Crippen LogP contribution in [0.1, 0.15) is 134 Å². The van der Waals surface area contributed by atoms with Gasteiger partial charge in [-0.3, -0.25) is 43.5 Å². The number of likely N-dealkylation sites (N-methyl/N-ethyl adjacent to an activating group) is 3. The van der Waals surface area contributed by atoms with Gasteiger partial charge in [0.05, 0.1) is 126 Å². The summed E-state index contributed by atoms with van der Waals surface area (Å²) >= 11 is 38.7. The smallest absolute Gasteiger partial charge is 0.364 e. The number of halogens is 6. The molecule has 0 aromatic heterocycles. The van der Waals surface area contributed by atoms with Crippen molar-refractivity contribution in [2.45, 2.75) is 142 Å². The van der Waals surface area contributed by atoms with Gasteiger partial charge in [-0.2, -0.15) is 0 Å². The molecule has 7 unspecified atom stereocenters. The minimum atomic E-state index is -3.82. The van der Waals surface area contributed by atoms with Crippen LogP contribution in [0.15, 0.2) is 124 Å². The first-order chi connectivity index (χ1) is 67.0. The summed E-state index contributed by atoms with van der Waals surface area (Å²) in [6.07, 6.45) is -9.20. The predicted octanol–water partition coefficient (Wildman–Crippen LogP) is 6.83. The second kappa shape index (κ2) is 58.6. The van der Waals surface area contributed by atoms with Crippen LogP contribution < -0.4 is 20.5 Å². The van der Waals surface area contributed by atoms with Gasteiger partial charge in [0.15, 0.2) is 33.9 Å². The highest BCUT2D eigenvalue weighted by atomic mass is 35.5. The van der Waals surface area contributed by atoms with Gasteiger partial charge in [0.1, 0.15) is 6.10 Å². The molecule has 0 radical (unpaired) electrons. The number of sulfone groups is 1. The predicted molar refractivity (Wildman–Crippen MR) is 516 cm³/mol. The Hall–Kier alpha value is -7.49. The number of carbonyl (C=O) groups excluding carboxylic acids is 8. The number of benzene rings is 6. The molecule has 9 N–H and O–H groups in total. The van der Waals surface area contributed by atoms with Crippen LogP contribution in [0.2, 0.25) is 30.1 Å². The van der Waals surface area contributed by atoms with Gasteiger partial charge in [0.25, 0.3) is 29.5 Å². The summed E-state index contributed by atoms with van der Waals surface area (Å²) in [6, 6.07) is 32.0. The lowest BCUT2D eigenvalue weighted by Crippen LogP contribution is -2.47. The van der Waals surface area contributed by atoms with Crippen LogP contribution in [-0.4, -0.2) is 332 Å². The van der Waals surface area contributed by atoms with Gasteiger partial charge in [-0.25, -0.2) is 44.3 Å². The van der Waals surface area contributed by atoms with Gasteiger partial charge >= 0.3 is 11.9 Å². The fourth-order valence-electron chi connectivity index (χ4n) is 15.4. The van der Waals surface area contributed by atoms with Crippen LogP contribution in [0, 0.1) is 0 Å². The summed E-state index contributed by atoms with van der Waals surface area (Å²) in [5.74, 6) is -8.56. The van der Waals surface area contributed by atoms with E-state index in [0.717, 1.165) is 89.3 Å². The van der Waals surface area contributed by atoms with E-state index in [9.17, 15) is 84.0 Å². The molecule has 0 aliphatic carbocycles. The van der Waals surface area contributed by atoms with E-state index < -0.39 is 102 Å². The van der Waals surface area contributed by atoms with E-state index in [0.29, 0.717) is 95.8 Å². The molecule has 0 spiro atoms. The standard InChI is InChI=1S/C56H74Cl4N4O14S2.C25H35Cl2N3O5S.C12H12N2O10/c1-3-63-35-47(45-31-41(57)33-51(59)49(45)37-63)39-9-5-11-43(29-39)79(69,70)28-8-17-74-21-25-77-24-20-73-16-7-13-53(65)54(66)55(67)56(68)61-14-18-75-22-26-78-27-23-76-19-15-62-80(71,72)44-12-6-10-40(30-44)48-36-64(4-2)38-50-46(48)32-42(58)34-52(50)60;1-2-30-17-23(22-15-20(26)16-25(27)24(22)18-30)19-4-3-5-21(14-19)36(31,32)29-7-9-34-11-13-35-12-10-33-8-6-28;15-5-1-2-6(16)13(5)23-11(21)9(19)10(20)12(22)24-14-7(17)3-4-8(14)18/h5-6,9-12,29-34,47-48,54-55,62,66-67H,3-4,7-8,13-28,35-38H2,1-2H3,(H,61,68);3-5,14-16,23,29H,2,6-13,17-18,28H2,1H3;9-10,19-20H,1-4H2. The highest BCUT2D eigenvalue weighted by Crippen LogP contribution is 2.43. The average Bonchev–Trinajstić information content (AvgIpc) is 1.01. The molecular formula is C93H121Cl6N9O29S3. The van der Waals surface area contributed by atoms with Crippen LogP contribution in [0.25, 0.3) is 0 Å². The third-order valence-electron chi connectivity index (χ3n) is 22.9. The van der Waals surface area contributed by atoms with Crippen molar-refractivity contribution in [1.29, 1.82) is 0 Å². The topological polar surface area (TPSA) is 500 Å². The molecule has 38 nitrogen and oxygen atoms in total. The van der Waals surface area contributed by atoms with Crippen molar-refractivity contribution in [2.75, 3.05) is 190 Å². The maximum atomic E-state index is 13.3. The van der Waals surface area contributed by atoms with E-state index >= 15 is 0 Å². The van der Waals surface area contributed by atoms with Gasteiger partial charge in [-0.15, -0.1) is 10.1 Å². The van der Waals surface area contributed by atoms with Crippen LogP contribution in [0.3, 0.4) is 0 Å². The van der Waals surface area contributed by atoms with E-state index in [-0.39, 0.29) is 192 Å². The largest absolute Gasteiger partial charge is 0.382 e. The first-order valence-corrected chi connectivity index (χ1v) is 52.6. The van der Waals surface area contributed by atoms with Crippen molar-refractivity contribution < 1.29 is 136 Å². The van der Waals surface area contributed by atoms with E-state index in [1.165, 1.54) is 0 Å². The van der Waals surface area contributed by atoms with Crippen molar-refractivity contribution in [3.8, 4) is 0 Å². The summed E-state index contributed by atoms with van der Waals surface area (Å²) in [5, 5.41) is 45.7. The number of imide groups is 2.